The number of ketones is 1. The van der Waals surface area contributed by atoms with Crippen LogP contribution in [-0.2, 0) is 21.5 Å². The number of aromatic nitrogens is 1. The third kappa shape index (κ3) is 4.44. The number of aliphatic hydroxyl groups excluding tert-OH is 1. The van der Waals surface area contributed by atoms with E-state index in [0.717, 1.165) is 16.7 Å². The van der Waals surface area contributed by atoms with Crippen LogP contribution in [0.1, 0.15) is 49.1 Å². The van der Waals surface area contributed by atoms with E-state index < -0.39 is 17.7 Å². The molecule has 2 aromatic carbocycles. The molecular formula is C28H28N2O4. The number of aliphatic hydroxyl groups is 1. The van der Waals surface area contributed by atoms with E-state index in [-0.39, 0.29) is 23.3 Å². The Bertz CT molecular complexity index is 1220. The largest absolute Gasteiger partial charge is 0.507 e. The summed E-state index contributed by atoms with van der Waals surface area (Å²) in [6, 6.07) is 17.5. The van der Waals surface area contributed by atoms with Gasteiger partial charge >= 0.3 is 0 Å². The molecule has 6 heteroatoms. The molecule has 1 atom stereocenters. The molecule has 174 valence electrons. The fourth-order valence-electron chi connectivity index (χ4n) is 4.15. The first-order valence-electron chi connectivity index (χ1n) is 11.1. The zero-order chi connectivity index (χ0) is 24.5. The Morgan fingerprint density at radius 3 is 2.26 bits per heavy atom. The van der Waals surface area contributed by atoms with Gasteiger partial charge in [-0.25, -0.2) is 0 Å². The van der Waals surface area contributed by atoms with Crippen LogP contribution in [0.5, 0.6) is 5.75 Å². The number of rotatable bonds is 5. The lowest BCUT2D eigenvalue weighted by molar-refractivity contribution is -0.140. The molecule has 6 nitrogen and oxygen atoms in total. The van der Waals surface area contributed by atoms with Gasteiger partial charge in [-0.3, -0.25) is 14.6 Å². The number of carbonyl (C=O) groups is 2. The van der Waals surface area contributed by atoms with Crippen LogP contribution in [0.2, 0.25) is 0 Å². The number of hydrogen-bond acceptors (Lipinski definition) is 5. The molecule has 0 saturated carbocycles. The van der Waals surface area contributed by atoms with Crippen molar-refractivity contribution in [3.8, 4) is 5.75 Å². The number of methoxy groups -OCH3 is 1. The molecule has 4 rings (SSSR count). The van der Waals surface area contributed by atoms with Gasteiger partial charge in [0.15, 0.2) is 0 Å². The quantitative estimate of drug-likeness (QED) is 0.332. The van der Waals surface area contributed by atoms with E-state index in [9.17, 15) is 14.7 Å². The average molecular weight is 457 g/mol. The Hall–Kier alpha value is -3.93. The van der Waals surface area contributed by atoms with Crippen molar-refractivity contribution in [2.24, 2.45) is 0 Å². The summed E-state index contributed by atoms with van der Waals surface area (Å²) in [7, 11) is 1.56. The number of hydrogen-bond donors (Lipinski definition) is 1. The van der Waals surface area contributed by atoms with Gasteiger partial charge in [0.1, 0.15) is 11.5 Å². The van der Waals surface area contributed by atoms with Crippen molar-refractivity contribution < 1.29 is 19.4 Å². The molecule has 0 unspecified atom stereocenters. The number of nitrogens with zero attached hydrogens (tertiary/aromatic N) is 2. The third-order valence-electron chi connectivity index (χ3n) is 6.07. The minimum Gasteiger partial charge on any atom is -0.507 e. The number of Topliss-reactive ketones (excluding diaryl/α,β-unsaturated/α-hetero) is 1. The van der Waals surface area contributed by atoms with Crippen molar-refractivity contribution in [2.45, 2.75) is 38.8 Å². The van der Waals surface area contributed by atoms with Gasteiger partial charge in [0.25, 0.3) is 11.7 Å². The molecule has 1 aliphatic rings. The summed E-state index contributed by atoms with van der Waals surface area (Å²) >= 11 is 0. The molecule has 2 heterocycles. The molecule has 0 radical (unpaired) electrons. The van der Waals surface area contributed by atoms with Crippen LogP contribution in [0.4, 0.5) is 0 Å². The van der Waals surface area contributed by atoms with Crippen molar-refractivity contribution >= 4 is 17.4 Å². The van der Waals surface area contributed by atoms with Gasteiger partial charge in [0, 0.05) is 24.5 Å². The van der Waals surface area contributed by atoms with E-state index in [2.05, 4.69) is 25.8 Å². The first-order valence-corrected chi connectivity index (χ1v) is 11.1. The van der Waals surface area contributed by atoms with Gasteiger partial charge < -0.3 is 14.7 Å². The first-order chi connectivity index (χ1) is 16.2. The van der Waals surface area contributed by atoms with Crippen LogP contribution in [0, 0.1) is 0 Å². The van der Waals surface area contributed by atoms with Crippen molar-refractivity contribution in [1.82, 2.24) is 9.88 Å². The highest BCUT2D eigenvalue weighted by molar-refractivity contribution is 6.46. The molecule has 0 spiro atoms. The molecule has 0 aliphatic carbocycles. The van der Waals surface area contributed by atoms with E-state index in [1.54, 1.807) is 49.8 Å². The fourth-order valence-corrected chi connectivity index (χ4v) is 4.15. The predicted octanol–water partition coefficient (Wildman–Crippen LogP) is 5.01. The lowest BCUT2D eigenvalue weighted by atomic mass is 9.85. The van der Waals surface area contributed by atoms with Gasteiger partial charge in [-0.05, 0) is 52.4 Å². The second-order valence-electron chi connectivity index (χ2n) is 9.39. The summed E-state index contributed by atoms with van der Waals surface area (Å²) < 4.78 is 5.19. The number of ether oxygens (including phenoxy) is 1. The standard InChI is InChI=1S/C28H28N2O4/c1-28(2,3)21-11-7-19(8-12-21)24-23(25(31)20-9-13-22(34-4)14-10-20)26(32)27(33)30(24)17-18-6-5-15-29-16-18/h5-16,24,31H,17H2,1-4H3/b25-23+/t24-/m1/s1. The molecular weight excluding hydrogens is 428 g/mol. The topological polar surface area (TPSA) is 79.7 Å². The van der Waals surface area contributed by atoms with Crippen LogP contribution >= 0.6 is 0 Å². The van der Waals surface area contributed by atoms with Crippen molar-refractivity contribution in [3.63, 3.8) is 0 Å². The Balaban J connectivity index is 1.84. The highest BCUT2D eigenvalue weighted by Crippen LogP contribution is 2.41. The summed E-state index contributed by atoms with van der Waals surface area (Å²) in [5.41, 5.74) is 3.16. The minimum atomic E-state index is -0.726. The molecule has 0 bridgehead atoms. The maximum absolute atomic E-state index is 13.2. The van der Waals surface area contributed by atoms with Crippen LogP contribution in [-0.4, -0.2) is 33.8 Å². The van der Waals surface area contributed by atoms with Gasteiger partial charge in [-0.2, -0.15) is 0 Å². The molecule has 3 aromatic rings. The third-order valence-corrected chi connectivity index (χ3v) is 6.07. The number of pyridine rings is 1. The summed E-state index contributed by atoms with van der Waals surface area (Å²) in [5, 5.41) is 11.2. The molecule has 1 aliphatic heterocycles. The van der Waals surface area contributed by atoms with E-state index in [4.69, 9.17) is 4.74 Å². The Morgan fingerprint density at radius 2 is 1.71 bits per heavy atom. The van der Waals surface area contributed by atoms with Gasteiger partial charge in [0.05, 0.1) is 18.7 Å². The van der Waals surface area contributed by atoms with Crippen molar-refractivity contribution in [1.29, 1.82) is 0 Å². The number of carbonyl (C=O) groups excluding carboxylic acids is 2. The van der Waals surface area contributed by atoms with Crippen molar-refractivity contribution in [3.05, 3.63) is 101 Å². The smallest absolute Gasteiger partial charge is 0.295 e. The normalized spacial score (nSPS) is 17.8. The maximum atomic E-state index is 13.2. The first kappa shape index (κ1) is 23.2. The monoisotopic (exact) mass is 456 g/mol. The second kappa shape index (κ2) is 9.14. The number of likely N-dealkylation sites (tertiary alicyclic amines) is 1. The Morgan fingerprint density at radius 1 is 1.03 bits per heavy atom. The Labute approximate surface area is 199 Å². The lowest BCUT2D eigenvalue weighted by Crippen LogP contribution is -2.29. The van der Waals surface area contributed by atoms with E-state index in [1.807, 2.05) is 30.3 Å². The maximum Gasteiger partial charge on any atom is 0.295 e. The van der Waals surface area contributed by atoms with Gasteiger partial charge in [-0.15, -0.1) is 0 Å². The highest BCUT2D eigenvalue weighted by Gasteiger charge is 2.46. The molecule has 1 aromatic heterocycles. The van der Waals surface area contributed by atoms with Crippen LogP contribution < -0.4 is 4.74 Å². The molecule has 1 saturated heterocycles. The van der Waals surface area contributed by atoms with Gasteiger partial charge in [-0.1, -0.05) is 51.1 Å². The van der Waals surface area contributed by atoms with E-state index in [1.165, 1.54) is 4.90 Å². The highest BCUT2D eigenvalue weighted by atomic mass is 16.5. The summed E-state index contributed by atoms with van der Waals surface area (Å²) in [6.45, 7) is 6.57. The summed E-state index contributed by atoms with van der Waals surface area (Å²) in [4.78, 5) is 32.0. The van der Waals surface area contributed by atoms with Crippen molar-refractivity contribution in [2.75, 3.05) is 7.11 Å². The van der Waals surface area contributed by atoms with Crippen LogP contribution in [0.3, 0.4) is 0 Å². The SMILES string of the molecule is COc1ccc(/C(O)=C2\C(=O)C(=O)N(Cc3cccnc3)[C@@H]2c2ccc(C(C)(C)C)cc2)cc1. The zero-order valence-electron chi connectivity index (χ0n) is 19.8. The van der Waals surface area contributed by atoms with Crippen LogP contribution in [0.25, 0.3) is 5.76 Å². The number of benzene rings is 2. The second-order valence-corrected chi connectivity index (χ2v) is 9.39. The Kier molecular flexibility index (Phi) is 6.24. The molecule has 1 fully saturated rings. The molecule has 1 N–H and O–H groups in total. The van der Waals surface area contributed by atoms with Crippen LogP contribution in [0.15, 0.2) is 78.6 Å². The summed E-state index contributed by atoms with van der Waals surface area (Å²) in [6.07, 6.45) is 3.33. The number of amides is 1. The van der Waals surface area contributed by atoms with E-state index in [0.29, 0.717) is 11.3 Å². The predicted molar refractivity (Wildman–Crippen MR) is 130 cm³/mol. The lowest BCUT2D eigenvalue weighted by Gasteiger charge is -2.26. The average Bonchev–Trinajstić information content (AvgIpc) is 3.09. The summed E-state index contributed by atoms with van der Waals surface area (Å²) in [5.74, 6) is -0.937. The zero-order valence-corrected chi connectivity index (χ0v) is 19.8. The molecule has 1 amide bonds. The van der Waals surface area contributed by atoms with Gasteiger partial charge in [0.2, 0.25) is 0 Å². The molecule has 34 heavy (non-hydrogen) atoms. The van der Waals surface area contributed by atoms with E-state index >= 15 is 0 Å². The fraction of sp³-hybridized carbons (Fsp3) is 0.250. The minimum absolute atomic E-state index is 0.0425.